The minimum atomic E-state index is -4.00. The molecule has 0 fully saturated rings. The molecule has 0 spiro atoms. The zero-order chi connectivity index (χ0) is 27.2. The molecular formula is C26H37ClN4O4S. The van der Waals surface area contributed by atoms with Gasteiger partial charge >= 0.3 is 10.2 Å². The van der Waals surface area contributed by atoms with Gasteiger partial charge in [0.05, 0.1) is 5.69 Å². The number of hydrogen-bond donors (Lipinski definition) is 1. The molecule has 1 N–H and O–H groups in total. The smallest absolute Gasteiger partial charge is 0.304 e. The summed E-state index contributed by atoms with van der Waals surface area (Å²) in [6.07, 6.45) is 0. The monoisotopic (exact) mass is 536 g/mol. The second-order valence-corrected chi connectivity index (χ2v) is 12.1. The molecule has 0 heterocycles. The third-order valence-corrected chi connectivity index (χ3v) is 7.83. The lowest BCUT2D eigenvalue weighted by atomic mass is 10.1. The van der Waals surface area contributed by atoms with E-state index >= 15 is 0 Å². The van der Waals surface area contributed by atoms with E-state index in [1.807, 2.05) is 32.9 Å². The van der Waals surface area contributed by atoms with Crippen molar-refractivity contribution < 1.29 is 18.0 Å². The maximum absolute atomic E-state index is 13.7. The predicted octanol–water partition coefficient (Wildman–Crippen LogP) is 3.76. The number of nitrogens with one attached hydrogen (secondary N) is 1. The van der Waals surface area contributed by atoms with Crippen LogP contribution in [0.4, 0.5) is 5.69 Å². The SMILES string of the molecule is Cc1ccc(C)c(N(CC(=O)N(Cc2ccc(Cl)cc2)[C@@H](C)C(=O)NCC(C)C)S(=O)(=O)N(C)C)c1. The Bertz CT molecular complexity index is 1170. The predicted molar refractivity (Wildman–Crippen MR) is 145 cm³/mol. The van der Waals surface area contributed by atoms with Crippen LogP contribution in [0.2, 0.25) is 5.02 Å². The highest BCUT2D eigenvalue weighted by atomic mass is 35.5. The number of benzene rings is 2. The van der Waals surface area contributed by atoms with Crippen LogP contribution in [0.5, 0.6) is 0 Å². The molecule has 2 aromatic rings. The Hall–Kier alpha value is -2.62. The number of carbonyl (C=O) groups is 2. The summed E-state index contributed by atoms with van der Waals surface area (Å²) in [6.45, 7) is 9.40. The Labute approximate surface area is 220 Å². The summed E-state index contributed by atoms with van der Waals surface area (Å²) in [5, 5.41) is 3.42. The number of nitrogens with zero attached hydrogens (tertiary/aromatic N) is 3. The highest BCUT2D eigenvalue weighted by Crippen LogP contribution is 2.26. The zero-order valence-corrected chi connectivity index (χ0v) is 23.7. The van der Waals surface area contributed by atoms with Gasteiger partial charge in [0, 0.05) is 32.2 Å². The van der Waals surface area contributed by atoms with Crippen molar-refractivity contribution in [1.29, 1.82) is 0 Å². The molecule has 10 heteroatoms. The van der Waals surface area contributed by atoms with Gasteiger partial charge in [-0.2, -0.15) is 12.7 Å². The summed E-state index contributed by atoms with van der Waals surface area (Å²) in [5.74, 6) is -0.560. The number of carbonyl (C=O) groups excluding carboxylic acids is 2. The van der Waals surface area contributed by atoms with Gasteiger partial charge in [-0.05, 0) is 61.6 Å². The summed E-state index contributed by atoms with van der Waals surface area (Å²) in [4.78, 5) is 28.1. The lowest BCUT2D eigenvalue weighted by Crippen LogP contribution is -2.52. The van der Waals surface area contributed by atoms with E-state index in [9.17, 15) is 18.0 Å². The highest BCUT2D eigenvalue weighted by molar-refractivity contribution is 7.90. The molecule has 0 saturated carbocycles. The number of halogens is 1. The van der Waals surface area contributed by atoms with Crippen LogP contribution in [0.3, 0.4) is 0 Å². The lowest BCUT2D eigenvalue weighted by Gasteiger charge is -2.33. The van der Waals surface area contributed by atoms with Gasteiger partial charge in [0.2, 0.25) is 11.8 Å². The van der Waals surface area contributed by atoms with Crippen molar-refractivity contribution in [2.75, 3.05) is 31.5 Å². The van der Waals surface area contributed by atoms with Crippen molar-refractivity contribution in [2.45, 2.75) is 47.2 Å². The van der Waals surface area contributed by atoms with E-state index in [2.05, 4.69) is 5.32 Å². The average Bonchev–Trinajstić information content (AvgIpc) is 2.81. The molecule has 2 rings (SSSR count). The minimum Gasteiger partial charge on any atom is -0.354 e. The topological polar surface area (TPSA) is 90.0 Å². The third-order valence-electron chi connectivity index (χ3n) is 5.77. The maximum atomic E-state index is 13.7. The van der Waals surface area contributed by atoms with Crippen LogP contribution in [0.25, 0.3) is 0 Å². The van der Waals surface area contributed by atoms with Gasteiger partial charge in [0.15, 0.2) is 0 Å². The molecule has 0 aliphatic rings. The molecule has 0 aromatic heterocycles. The molecular weight excluding hydrogens is 500 g/mol. The van der Waals surface area contributed by atoms with Crippen LogP contribution in [-0.2, 0) is 26.3 Å². The fraction of sp³-hybridized carbons (Fsp3) is 0.462. The molecule has 0 aliphatic carbocycles. The molecule has 2 amide bonds. The first-order valence-corrected chi connectivity index (χ1v) is 13.6. The molecule has 2 aromatic carbocycles. The fourth-order valence-electron chi connectivity index (χ4n) is 3.51. The summed E-state index contributed by atoms with van der Waals surface area (Å²) in [6, 6.07) is 11.6. The van der Waals surface area contributed by atoms with Gasteiger partial charge < -0.3 is 10.2 Å². The zero-order valence-electron chi connectivity index (χ0n) is 22.1. The van der Waals surface area contributed by atoms with Gasteiger partial charge in [-0.15, -0.1) is 0 Å². The Balaban J connectivity index is 2.48. The van der Waals surface area contributed by atoms with E-state index in [1.54, 1.807) is 44.2 Å². The van der Waals surface area contributed by atoms with E-state index in [1.165, 1.54) is 19.0 Å². The first kappa shape index (κ1) is 29.6. The van der Waals surface area contributed by atoms with E-state index < -0.39 is 28.7 Å². The quantitative estimate of drug-likeness (QED) is 0.473. The van der Waals surface area contributed by atoms with E-state index in [-0.39, 0.29) is 18.4 Å². The highest BCUT2D eigenvalue weighted by Gasteiger charge is 2.33. The molecule has 198 valence electrons. The van der Waals surface area contributed by atoms with Gasteiger partial charge in [-0.25, -0.2) is 4.31 Å². The Morgan fingerprint density at radius 2 is 1.61 bits per heavy atom. The van der Waals surface area contributed by atoms with Gasteiger partial charge in [0.25, 0.3) is 0 Å². The van der Waals surface area contributed by atoms with Crippen molar-refractivity contribution in [3.8, 4) is 0 Å². The Morgan fingerprint density at radius 1 is 1.00 bits per heavy atom. The normalized spacial score (nSPS) is 12.5. The molecule has 36 heavy (non-hydrogen) atoms. The first-order valence-electron chi connectivity index (χ1n) is 11.8. The summed E-state index contributed by atoms with van der Waals surface area (Å²) < 4.78 is 28.8. The number of amides is 2. The Kier molecular flexibility index (Phi) is 10.3. The van der Waals surface area contributed by atoms with Gasteiger partial charge in [0.1, 0.15) is 12.6 Å². The standard InChI is InChI=1S/C26H37ClN4O4S/c1-18(2)15-28-26(33)21(5)30(16-22-10-12-23(27)13-11-22)25(32)17-31(36(34,35)29(6)7)24-14-19(3)8-9-20(24)4/h8-14,18,21H,15-17H2,1-7H3,(H,28,33)/t21-/m0/s1. The van der Waals surface area contributed by atoms with Crippen LogP contribution in [0.15, 0.2) is 42.5 Å². The van der Waals surface area contributed by atoms with E-state index in [0.29, 0.717) is 22.8 Å². The Morgan fingerprint density at radius 3 is 2.17 bits per heavy atom. The van der Waals surface area contributed by atoms with Crippen molar-refractivity contribution in [1.82, 2.24) is 14.5 Å². The minimum absolute atomic E-state index is 0.120. The average molecular weight is 537 g/mol. The number of hydrogen-bond acceptors (Lipinski definition) is 4. The second kappa shape index (κ2) is 12.6. The second-order valence-electron chi connectivity index (χ2n) is 9.55. The van der Waals surface area contributed by atoms with Crippen molar-refractivity contribution in [3.05, 3.63) is 64.2 Å². The summed E-state index contributed by atoms with van der Waals surface area (Å²) >= 11 is 6.02. The molecule has 0 radical (unpaired) electrons. The summed E-state index contributed by atoms with van der Waals surface area (Å²) in [7, 11) is -1.16. The largest absolute Gasteiger partial charge is 0.354 e. The first-order chi connectivity index (χ1) is 16.7. The maximum Gasteiger partial charge on any atom is 0.304 e. The molecule has 1 atom stereocenters. The van der Waals surface area contributed by atoms with Crippen LogP contribution in [-0.4, -0.2) is 62.7 Å². The van der Waals surface area contributed by atoms with Gasteiger partial charge in [-0.3, -0.25) is 9.59 Å². The van der Waals surface area contributed by atoms with Crippen LogP contribution in [0, 0.1) is 19.8 Å². The molecule has 0 saturated heterocycles. The van der Waals surface area contributed by atoms with Crippen molar-refractivity contribution >= 4 is 39.3 Å². The van der Waals surface area contributed by atoms with Crippen LogP contribution >= 0.6 is 11.6 Å². The summed E-state index contributed by atoms with van der Waals surface area (Å²) in [5.41, 5.74) is 2.76. The van der Waals surface area contributed by atoms with Crippen molar-refractivity contribution in [3.63, 3.8) is 0 Å². The van der Waals surface area contributed by atoms with Gasteiger partial charge in [-0.1, -0.05) is 49.7 Å². The molecule has 0 aliphatic heterocycles. The van der Waals surface area contributed by atoms with Crippen LogP contribution in [0.1, 0.15) is 37.5 Å². The van der Waals surface area contributed by atoms with E-state index in [0.717, 1.165) is 19.7 Å². The third kappa shape index (κ3) is 7.69. The number of anilines is 1. The van der Waals surface area contributed by atoms with Crippen LogP contribution < -0.4 is 9.62 Å². The number of rotatable bonds is 11. The molecule has 0 unspecified atom stereocenters. The lowest BCUT2D eigenvalue weighted by molar-refractivity contribution is -0.139. The van der Waals surface area contributed by atoms with Crippen molar-refractivity contribution in [2.24, 2.45) is 5.92 Å². The fourth-order valence-corrected chi connectivity index (χ4v) is 4.75. The molecule has 0 bridgehead atoms. The molecule has 8 nitrogen and oxygen atoms in total. The number of aryl methyl sites for hydroxylation is 2. The van der Waals surface area contributed by atoms with E-state index in [4.69, 9.17) is 11.6 Å².